The first-order chi connectivity index (χ1) is 20.0. The van der Waals surface area contributed by atoms with Crippen LogP contribution in [0, 0.1) is 36.5 Å². The number of benzene rings is 4. The predicted molar refractivity (Wildman–Crippen MR) is 169 cm³/mol. The van der Waals surface area contributed by atoms with E-state index in [0.717, 1.165) is 8.95 Å². The van der Waals surface area contributed by atoms with Gasteiger partial charge in [0.25, 0.3) is 0 Å². The first kappa shape index (κ1) is 31.5. The highest BCUT2D eigenvalue weighted by molar-refractivity contribution is 9.11. The van der Waals surface area contributed by atoms with Crippen molar-refractivity contribution in [1.29, 1.82) is 10.5 Å². The summed E-state index contributed by atoms with van der Waals surface area (Å²) in [6, 6.07) is 23.5. The Morgan fingerprint density at radius 1 is 0.595 bits per heavy atom. The fraction of sp³-hybridized carbons (Fsp3) is 0.0667. The van der Waals surface area contributed by atoms with Crippen molar-refractivity contribution in [1.82, 2.24) is 0 Å². The Labute approximate surface area is 258 Å². The van der Waals surface area contributed by atoms with Crippen molar-refractivity contribution in [2.45, 2.75) is 13.8 Å². The highest BCUT2D eigenvalue weighted by atomic mass is 79.9. The summed E-state index contributed by atoms with van der Waals surface area (Å²) in [6.07, 6.45) is 0. The second-order valence-corrected chi connectivity index (χ2v) is 10.4. The Kier molecular flexibility index (Phi) is 10.9. The van der Waals surface area contributed by atoms with E-state index in [0.29, 0.717) is 22.5 Å². The van der Waals surface area contributed by atoms with Crippen molar-refractivity contribution in [3.63, 3.8) is 0 Å². The van der Waals surface area contributed by atoms with Gasteiger partial charge in [-0.15, -0.1) is 0 Å². The lowest BCUT2D eigenvalue weighted by atomic mass is 10.1. The number of carbonyl (C=O) groups excluding carboxylic acids is 2. The minimum Gasteiger partial charge on any atom is -0.504 e. The van der Waals surface area contributed by atoms with Crippen molar-refractivity contribution in [3.05, 3.63) is 104 Å². The van der Waals surface area contributed by atoms with Crippen LogP contribution in [0.1, 0.15) is 22.3 Å². The molecule has 4 aromatic carbocycles. The molecule has 4 rings (SSSR count). The molecule has 0 atom stereocenters. The summed E-state index contributed by atoms with van der Waals surface area (Å²) >= 11 is 6.64. The molecule has 0 radical (unpaired) electrons. The highest BCUT2D eigenvalue weighted by Crippen LogP contribution is 2.31. The maximum atomic E-state index is 11.9. The first-order valence-corrected chi connectivity index (χ1v) is 13.7. The van der Waals surface area contributed by atoms with Crippen LogP contribution in [-0.4, -0.2) is 22.3 Å². The first-order valence-electron chi connectivity index (χ1n) is 12.2. The molecule has 0 aliphatic heterocycles. The molecule has 0 aliphatic carbocycles. The largest absolute Gasteiger partial charge is 0.504 e. The average Bonchev–Trinajstić information content (AvgIpc) is 2.95. The van der Waals surface area contributed by atoms with Gasteiger partial charge in [-0.25, -0.2) is 9.59 Å². The van der Waals surface area contributed by atoms with Gasteiger partial charge in [-0.1, -0.05) is 36.4 Å². The van der Waals surface area contributed by atoms with Gasteiger partial charge in [0.05, 0.1) is 33.9 Å². The molecular weight excluding hydrogens is 668 g/mol. The van der Waals surface area contributed by atoms with Crippen LogP contribution in [0.4, 0.5) is 32.3 Å². The van der Waals surface area contributed by atoms with Crippen LogP contribution in [0.25, 0.3) is 0 Å². The van der Waals surface area contributed by atoms with Crippen molar-refractivity contribution < 1.29 is 19.8 Å². The van der Waals surface area contributed by atoms with Gasteiger partial charge in [0, 0.05) is 8.95 Å². The zero-order valence-electron chi connectivity index (χ0n) is 22.3. The van der Waals surface area contributed by atoms with Gasteiger partial charge < -0.3 is 31.5 Å². The highest BCUT2D eigenvalue weighted by Gasteiger charge is 2.14. The lowest BCUT2D eigenvalue weighted by Gasteiger charge is -2.11. The zero-order chi connectivity index (χ0) is 30.8. The van der Waals surface area contributed by atoms with E-state index < -0.39 is 12.1 Å². The monoisotopic (exact) mass is 690 g/mol. The molecule has 12 heteroatoms. The number of nitriles is 2. The summed E-state index contributed by atoms with van der Waals surface area (Å²) in [4.78, 5) is 23.9. The van der Waals surface area contributed by atoms with E-state index in [1.54, 1.807) is 74.5 Å². The number of anilines is 4. The summed E-state index contributed by atoms with van der Waals surface area (Å²) in [5.41, 5.74) is 3.15. The number of aromatic hydroxyl groups is 2. The Morgan fingerprint density at radius 2 is 0.929 bits per heavy atom. The lowest BCUT2D eigenvalue weighted by Crippen LogP contribution is -2.19. The third-order valence-corrected chi connectivity index (χ3v) is 7.12. The van der Waals surface area contributed by atoms with Crippen molar-refractivity contribution in [2.24, 2.45) is 0 Å². The molecule has 0 fully saturated rings. The number of hydrogen-bond acceptors (Lipinski definition) is 6. The summed E-state index contributed by atoms with van der Waals surface area (Å²) in [7, 11) is 0. The second-order valence-electron chi connectivity index (χ2n) is 8.65. The molecule has 0 heterocycles. The Morgan fingerprint density at radius 3 is 1.26 bits per heavy atom. The predicted octanol–water partition coefficient (Wildman–Crippen LogP) is 7.96. The normalized spacial score (nSPS) is 9.76. The van der Waals surface area contributed by atoms with E-state index in [2.05, 4.69) is 53.1 Å². The molecular formula is C30H24Br2N6O4. The van der Waals surface area contributed by atoms with Crippen LogP contribution in [-0.2, 0) is 0 Å². The second kappa shape index (κ2) is 14.6. The molecule has 0 aliphatic rings. The average molecular weight is 692 g/mol. The Bertz CT molecular complexity index is 1600. The Hall–Kier alpha value is -5.04. The number of amides is 4. The fourth-order valence-corrected chi connectivity index (χ4v) is 4.31. The summed E-state index contributed by atoms with van der Waals surface area (Å²) in [5, 5.41) is 48.2. The summed E-state index contributed by atoms with van der Waals surface area (Å²) in [5.74, 6) is -0.473. The van der Waals surface area contributed by atoms with E-state index in [4.69, 9.17) is 10.5 Å². The lowest BCUT2D eigenvalue weighted by molar-refractivity contribution is 0.261. The number of para-hydroxylation sites is 2. The molecule has 0 bridgehead atoms. The molecule has 4 aromatic rings. The van der Waals surface area contributed by atoms with Gasteiger partial charge in [-0.2, -0.15) is 10.5 Å². The number of phenols is 2. The van der Waals surface area contributed by atoms with Crippen LogP contribution < -0.4 is 21.3 Å². The maximum Gasteiger partial charge on any atom is 0.323 e. The fourth-order valence-electron chi connectivity index (χ4n) is 3.54. The summed E-state index contributed by atoms with van der Waals surface area (Å²) in [6.45, 7) is 3.42. The zero-order valence-corrected chi connectivity index (χ0v) is 25.5. The molecule has 10 nitrogen and oxygen atoms in total. The van der Waals surface area contributed by atoms with Gasteiger partial charge in [0.15, 0.2) is 11.5 Å². The number of nitrogens with one attached hydrogen (secondary N) is 4. The van der Waals surface area contributed by atoms with Crippen LogP contribution >= 0.6 is 31.9 Å². The third-order valence-electron chi connectivity index (χ3n) is 5.74. The van der Waals surface area contributed by atoms with Gasteiger partial charge in [-0.05, 0) is 93.2 Å². The molecule has 0 unspecified atom stereocenters. The number of rotatable bonds is 4. The molecule has 0 aromatic heterocycles. The number of halogens is 2. The van der Waals surface area contributed by atoms with E-state index in [-0.39, 0.29) is 34.0 Å². The van der Waals surface area contributed by atoms with E-state index >= 15 is 0 Å². The van der Waals surface area contributed by atoms with Crippen molar-refractivity contribution in [3.8, 4) is 23.6 Å². The molecule has 0 saturated carbocycles. The third kappa shape index (κ3) is 8.01. The maximum absolute atomic E-state index is 11.9. The van der Waals surface area contributed by atoms with Crippen molar-refractivity contribution >= 4 is 66.7 Å². The number of hydrogen-bond donors (Lipinski definition) is 6. The van der Waals surface area contributed by atoms with Gasteiger partial charge >= 0.3 is 12.1 Å². The smallest absolute Gasteiger partial charge is 0.323 e. The minimum atomic E-state index is -0.509. The number of carbonyl (C=O) groups is 2. The molecule has 212 valence electrons. The molecule has 0 saturated heterocycles. The Balaban J connectivity index is 0.000000230. The van der Waals surface area contributed by atoms with Crippen LogP contribution in [0.2, 0.25) is 0 Å². The number of urea groups is 2. The molecule has 0 spiro atoms. The number of nitrogens with zero attached hydrogens (tertiary/aromatic N) is 2. The summed E-state index contributed by atoms with van der Waals surface area (Å²) < 4.78 is 1.48. The topological polar surface area (TPSA) is 170 Å². The van der Waals surface area contributed by atoms with E-state index in [1.165, 1.54) is 0 Å². The van der Waals surface area contributed by atoms with Gasteiger partial charge in [0.1, 0.15) is 12.1 Å². The molecule has 6 N–H and O–H groups in total. The van der Waals surface area contributed by atoms with E-state index in [1.807, 2.05) is 24.3 Å². The van der Waals surface area contributed by atoms with Crippen LogP contribution in [0.15, 0.2) is 81.7 Å². The minimum absolute atomic E-state index is 0.147. The number of phenolic OH excluding ortho intramolecular Hbond substituents is 2. The number of aryl methyl sites for hydroxylation is 2. The molecule has 42 heavy (non-hydrogen) atoms. The molecule has 4 amide bonds. The van der Waals surface area contributed by atoms with Gasteiger partial charge in [-0.3, -0.25) is 0 Å². The van der Waals surface area contributed by atoms with Crippen molar-refractivity contribution in [2.75, 3.05) is 21.3 Å². The van der Waals surface area contributed by atoms with Gasteiger partial charge in [0.2, 0.25) is 0 Å². The quantitative estimate of drug-likeness (QED) is 0.119. The van der Waals surface area contributed by atoms with Crippen LogP contribution in [0.3, 0.4) is 0 Å². The SMILES string of the molecule is Cc1ccc(NC(=O)Nc2ccccc2Br)c(O)c1C#N.Cc1ccc(NC(=O)Nc2ccccc2Br)c(O)c1C#N. The van der Waals surface area contributed by atoms with E-state index in [9.17, 15) is 19.8 Å². The van der Waals surface area contributed by atoms with Crippen LogP contribution in [0.5, 0.6) is 11.5 Å². The standard InChI is InChI=1S/2C15H12BrN3O2/c2*1-9-6-7-13(14(20)10(9)8-17)19-15(21)18-12-5-3-2-4-11(12)16/h2*2-7,20H,1H3,(H2,18,19,21).